The molecular formula is C11H20Cl2N4O2S. The van der Waals surface area contributed by atoms with Crippen LogP contribution >= 0.6 is 36.2 Å². The van der Waals surface area contributed by atoms with Crippen molar-refractivity contribution in [3.05, 3.63) is 16.6 Å². The molecule has 0 unspecified atom stereocenters. The molecule has 6 nitrogen and oxygen atoms in total. The van der Waals surface area contributed by atoms with E-state index < -0.39 is 6.04 Å². The van der Waals surface area contributed by atoms with E-state index >= 15 is 0 Å². The van der Waals surface area contributed by atoms with Crippen LogP contribution in [0.25, 0.3) is 0 Å². The molecule has 0 aliphatic rings. The van der Waals surface area contributed by atoms with Gasteiger partial charge < -0.3 is 16.4 Å². The van der Waals surface area contributed by atoms with Crippen molar-refractivity contribution in [3.8, 4) is 0 Å². The lowest BCUT2D eigenvalue weighted by molar-refractivity contribution is -0.127. The van der Waals surface area contributed by atoms with Crippen LogP contribution in [0.15, 0.2) is 11.6 Å². The smallest absolute Gasteiger partial charge is 0.239 e. The zero-order valence-electron chi connectivity index (χ0n) is 11.3. The number of halogens is 2. The van der Waals surface area contributed by atoms with Gasteiger partial charge in [-0.3, -0.25) is 9.59 Å². The van der Waals surface area contributed by atoms with E-state index in [1.807, 2.05) is 19.2 Å². The van der Waals surface area contributed by atoms with Gasteiger partial charge in [0.2, 0.25) is 11.8 Å². The molecule has 116 valence electrons. The van der Waals surface area contributed by atoms with Gasteiger partial charge in [0, 0.05) is 11.6 Å². The van der Waals surface area contributed by atoms with Crippen molar-refractivity contribution in [3.63, 3.8) is 0 Å². The Morgan fingerprint density at radius 1 is 1.35 bits per heavy atom. The summed E-state index contributed by atoms with van der Waals surface area (Å²) in [7, 11) is 0. The lowest BCUT2D eigenvalue weighted by Crippen LogP contribution is -2.47. The number of nitrogens with zero attached hydrogens (tertiary/aromatic N) is 1. The first kappa shape index (κ1) is 21.4. The second-order valence-corrected chi connectivity index (χ2v) is 5.17. The highest BCUT2D eigenvalue weighted by atomic mass is 35.5. The molecule has 0 bridgehead atoms. The number of carbonyl (C=O) groups is 2. The van der Waals surface area contributed by atoms with E-state index in [9.17, 15) is 9.59 Å². The van der Waals surface area contributed by atoms with Crippen molar-refractivity contribution in [2.75, 3.05) is 6.54 Å². The van der Waals surface area contributed by atoms with Gasteiger partial charge >= 0.3 is 0 Å². The molecular weight excluding hydrogens is 323 g/mol. The molecule has 1 heterocycles. The van der Waals surface area contributed by atoms with Crippen molar-refractivity contribution in [1.29, 1.82) is 0 Å². The Labute approximate surface area is 134 Å². The van der Waals surface area contributed by atoms with Crippen LogP contribution in [-0.2, 0) is 16.1 Å². The average molecular weight is 343 g/mol. The summed E-state index contributed by atoms with van der Waals surface area (Å²) in [6, 6.07) is -0.586. The summed E-state index contributed by atoms with van der Waals surface area (Å²) in [5, 5.41) is 7.83. The number of aromatic nitrogens is 1. The summed E-state index contributed by atoms with van der Waals surface area (Å²) in [5.41, 5.74) is 5.65. The third-order valence-electron chi connectivity index (χ3n) is 2.36. The molecule has 0 aromatic carbocycles. The molecule has 4 N–H and O–H groups in total. The quantitative estimate of drug-likeness (QED) is 0.708. The molecule has 1 rings (SSSR count). The molecule has 0 fully saturated rings. The lowest BCUT2D eigenvalue weighted by Gasteiger charge is -2.14. The molecule has 1 atom stereocenters. The van der Waals surface area contributed by atoms with Crippen LogP contribution in [0.3, 0.4) is 0 Å². The number of rotatable bonds is 6. The normalized spacial score (nSPS) is 11.0. The monoisotopic (exact) mass is 342 g/mol. The lowest BCUT2D eigenvalue weighted by atomic mass is 10.1. The number of thiazole rings is 1. The molecule has 20 heavy (non-hydrogen) atoms. The summed E-state index contributed by atoms with van der Waals surface area (Å²) < 4.78 is 0. The van der Waals surface area contributed by atoms with Crippen LogP contribution in [0.4, 0.5) is 0 Å². The van der Waals surface area contributed by atoms with Gasteiger partial charge in [-0.2, -0.15) is 0 Å². The number of nitrogens with one attached hydrogen (secondary N) is 2. The van der Waals surface area contributed by atoms with Crippen molar-refractivity contribution in [1.82, 2.24) is 15.6 Å². The van der Waals surface area contributed by atoms with E-state index in [0.717, 1.165) is 5.01 Å². The first-order valence-electron chi connectivity index (χ1n) is 5.69. The topological polar surface area (TPSA) is 97.1 Å². The van der Waals surface area contributed by atoms with E-state index in [1.54, 1.807) is 6.20 Å². The first-order chi connectivity index (χ1) is 8.50. The Hall–Kier alpha value is -0.890. The standard InChI is InChI=1S/C11H18N4O2S.2ClH/c1-7(2)10(12)11(17)15-5-8(16)14-6-9-13-3-4-18-9;;/h3-4,7,10H,5-6,12H2,1-2H3,(H,14,16)(H,15,17);2*1H/t10-;;/m0../s1. The van der Waals surface area contributed by atoms with Crippen LogP contribution in [0.5, 0.6) is 0 Å². The maximum atomic E-state index is 11.5. The van der Waals surface area contributed by atoms with Crippen molar-refractivity contribution in [2.24, 2.45) is 11.7 Å². The Balaban J connectivity index is 0. The predicted molar refractivity (Wildman–Crippen MR) is 84.3 cm³/mol. The van der Waals surface area contributed by atoms with Crippen LogP contribution in [0.1, 0.15) is 18.9 Å². The predicted octanol–water partition coefficient (Wildman–Crippen LogP) is 0.702. The summed E-state index contributed by atoms with van der Waals surface area (Å²) in [4.78, 5) is 27.0. The number of hydrogen-bond donors (Lipinski definition) is 3. The highest BCUT2D eigenvalue weighted by Crippen LogP contribution is 2.02. The molecule has 0 saturated heterocycles. The molecule has 1 aromatic heterocycles. The average Bonchev–Trinajstić information content (AvgIpc) is 2.85. The molecule has 1 aromatic rings. The van der Waals surface area contributed by atoms with Gasteiger partial charge in [-0.25, -0.2) is 4.98 Å². The molecule has 9 heteroatoms. The summed E-state index contributed by atoms with van der Waals surface area (Å²) >= 11 is 1.46. The minimum atomic E-state index is -0.586. The molecule has 0 aliphatic heterocycles. The summed E-state index contributed by atoms with van der Waals surface area (Å²) in [6.45, 7) is 4.02. The Kier molecular flexibility index (Phi) is 11.6. The molecule has 2 amide bonds. The first-order valence-corrected chi connectivity index (χ1v) is 6.57. The fourth-order valence-electron chi connectivity index (χ4n) is 1.16. The Morgan fingerprint density at radius 2 is 2.00 bits per heavy atom. The van der Waals surface area contributed by atoms with Crippen LogP contribution < -0.4 is 16.4 Å². The fraction of sp³-hybridized carbons (Fsp3) is 0.545. The molecule has 0 radical (unpaired) electrons. The number of carbonyl (C=O) groups excluding carboxylic acids is 2. The third kappa shape index (κ3) is 7.64. The van der Waals surface area contributed by atoms with E-state index in [-0.39, 0.29) is 49.1 Å². The van der Waals surface area contributed by atoms with Crippen molar-refractivity contribution < 1.29 is 9.59 Å². The summed E-state index contributed by atoms with van der Waals surface area (Å²) in [6.07, 6.45) is 1.68. The maximum Gasteiger partial charge on any atom is 0.239 e. The van der Waals surface area contributed by atoms with Gasteiger partial charge in [-0.1, -0.05) is 13.8 Å². The van der Waals surface area contributed by atoms with Gasteiger partial charge in [0.15, 0.2) is 0 Å². The van der Waals surface area contributed by atoms with Crippen molar-refractivity contribution >= 4 is 48.0 Å². The highest BCUT2D eigenvalue weighted by molar-refractivity contribution is 7.09. The summed E-state index contributed by atoms with van der Waals surface area (Å²) in [5.74, 6) is -0.521. The highest BCUT2D eigenvalue weighted by Gasteiger charge is 2.17. The minimum Gasteiger partial charge on any atom is -0.348 e. The van der Waals surface area contributed by atoms with Gasteiger partial charge in [0.25, 0.3) is 0 Å². The number of amides is 2. The number of hydrogen-bond acceptors (Lipinski definition) is 5. The minimum absolute atomic E-state index is 0. The molecule has 0 aliphatic carbocycles. The largest absolute Gasteiger partial charge is 0.348 e. The van der Waals surface area contributed by atoms with E-state index in [2.05, 4.69) is 15.6 Å². The fourth-order valence-corrected chi connectivity index (χ4v) is 1.72. The SMILES string of the molecule is CC(C)[C@H](N)C(=O)NCC(=O)NCc1nccs1.Cl.Cl. The Morgan fingerprint density at radius 3 is 2.50 bits per heavy atom. The molecule has 0 saturated carbocycles. The zero-order chi connectivity index (χ0) is 13.5. The van der Waals surface area contributed by atoms with E-state index in [0.29, 0.717) is 6.54 Å². The van der Waals surface area contributed by atoms with E-state index in [4.69, 9.17) is 5.73 Å². The van der Waals surface area contributed by atoms with Crippen LogP contribution in [0, 0.1) is 5.92 Å². The second kappa shape index (κ2) is 10.8. The van der Waals surface area contributed by atoms with E-state index in [1.165, 1.54) is 11.3 Å². The van der Waals surface area contributed by atoms with Gasteiger partial charge in [0.1, 0.15) is 5.01 Å². The zero-order valence-corrected chi connectivity index (χ0v) is 13.7. The third-order valence-corrected chi connectivity index (χ3v) is 3.14. The van der Waals surface area contributed by atoms with Gasteiger partial charge in [-0.15, -0.1) is 36.2 Å². The number of nitrogens with two attached hydrogens (primary N) is 1. The van der Waals surface area contributed by atoms with Gasteiger partial charge in [0.05, 0.1) is 19.1 Å². The van der Waals surface area contributed by atoms with Crippen LogP contribution in [0.2, 0.25) is 0 Å². The molecule has 0 spiro atoms. The Bertz CT molecular complexity index is 401. The van der Waals surface area contributed by atoms with Crippen molar-refractivity contribution in [2.45, 2.75) is 26.4 Å². The van der Waals surface area contributed by atoms with Gasteiger partial charge in [-0.05, 0) is 5.92 Å². The van der Waals surface area contributed by atoms with Crippen LogP contribution in [-0.4, -0.2) is 29.4 Å². The maximum absolute atomic E-state index is 11.5. The second-order valence-electron chi connectivity index (χ2n) is 4.19.